The number of halogens is 1. The molecular formula is C11H16ClNS. The van der Waals surface area contributed by atoms with Crippen molar-refractivity contribution in [2.45, 2.75) is 44.4 Å². The molecule has 1 fully saturated rings. The summed E-state index contributed by atoms with van der Waals surface area (Å²) >= 11 is 7.97. The molecule has 0 spiro atoms. The molecule has 0 aromatic carbocycles. The Kier molecular flexibility index (Phi) is 3.45. The van der Waals surface area contributed by atoms with Crippen molar-refractivity contribution >= 4 is 22.9 Å². The molecule has 0 bridgehead atoms. The van der Waals surface area contributed by atoms with Gasteiger partial charge in [-0.15, -0.1) is 22.9 Å². The minimum atomic E-state index is 0.426. The minimum absolute atomic E-state index is 0.426. The molecule has 1 nitrogen and oxygen atoms in total. The van der Waals surface area contributed by atoms with Crippen LogP contribution in [0.2, 0.25) is 0 Å². The highest BCUT2D eigenvalue weighted by atomic mass is 35.5. The van der Waals surface area contributed by atoms with Crippen molar-refractivity contribution < 1.29 is 0 Å². The van der Waals surface area contributed by atoms with Gasteiger partial charge in [-0.05, 0) is 44.9 Å². The summed E-state index contributed by atoms with van der Waals surface area (Å²) in [6.07, 6.45) is 6.14. The number of aromatic nitrogens is 1. The molecule has 0 aliphatic heterocycles. The van der Waals surface area contributed by atoms with Gasteiger partial charge in [0.2, 0.25) is 0 Å². The fourth-order valence-electron chi connectivity index (χ4n) is 1.69. The topological polar surface area (TPSA) is 12.9 Å². The smallest absolute Gasteiger partial charge is 0.0897 e. The predicted molar refractivity (Wildman–Crippen MR) is 62.2 cm³/mol. The molecule has 2 rings (SSSR count). The summed E-state index contributed by atoms with van der Waals surface area (Å²) in [4.78, 5) is 4.44. The molecule has 3 heteroatoms. The van der Waals surface area contributed by atoms with E-state index in [1.807, 2.05) is 0 Å². The quantitative estimate of drug-likeness (QED) is 0.700. The minimum Gasteiger partial charge on any atom is -0.247 e. The van der Waals surface area contributed by atoms with Crippen LogP contribution in [0.4, 0.5) is 0 Å². The van der Waals surface area contributed by atoms with Gasteiger partial charge in [0.05, 0.1) is 10.7 Å². The van der Waals surface area contributed by atoms with Crippen LogP contribution in [-0.4, -0.2) is 10.4 Å². The van der Waals surface area contributed by atoms with E-state index in [1.54, 1.807) is 11.3 Å². The summed E-state index contributed by atoms with van der Waals surface area (Å²) in [7, 11) is 0. The van der Waals surface area contributed by atoms with E-state index in [2.05, 4.69) is 17.3 Å². The van der Waals surface area contributed by atoms with Gasteiger partial charge in [-0.2, -0.15) is 0 Å². The second-order valence-corrected chi connectivity index (χ2v) is 5.73. The van der Waals surface area contributed by atoms with Gasteiger partial charge in [0.25, 0.3) is 0 Å². The third-order valence-corrected chi connectivity index (χ3v) is 4.11. The molecule has 0 saturated heterocycles. The van der Waals surface area contributed by atoms with Crippen LogP contribution in [0.1, 0.15) is 36.4 Å². The van der Waals surface area contributed by atoms with Crippen LogP contribution in [0.3, 0.4) is 0 Å². The molecule has 0 radical (unpaired) electrons. The first kappa shape index (κ1) is 10.4. The molecule has 1 aromatic heterocycles. The Labute approximate surface area is 94.5 Å². The third-order valence-electron chi connectivity index (χ3n) is 2.71. The first-order valence-electron chi connectivity index (χ1n) is 5.31. The number of alkyl halides is 1. The molecule has 1 saturated carbocycles. The van der Waals surface area contributed by atoms with E-state index in [0.29, 0.717) is 5.38 Å². The van der Waals surface area contributed by atoms with Gasteiger partial charge in [-0.25, -0.2) is 4.98 Å². The zero-order valence-electron chi connectivity index (χ0n) is 8.50. The molecule has 1 atom stereocenters. The highest BCUT2D eigenvalue weighted by molar-refractivity contribution is 7.09. The lowest BCUT2D eigenvalue weighted by Gasteiger charge is -2.05. The SMILES string of the molecule is Cc1nc(CCCC(Cl)C2CC2)cs1. The number of thiazole rings is 1. The summed E-state index contributed by atoms with van der Waals surface area (Å²) in [5.74, 6) is 0.828. The van der Waals surface area contributed by atoms with Crippen LogP contribution in [0.5, 0.6) is 0 Å². The Hall–Kier alpha value is -0.0800. The number of hydrogen-bond acceptors (Lipinski definition) is 2. The van der Waals surface area contributed by atoms with Gasteiger partial charge in [-0.3, -0.25) is 0 Å². The van der Waals surface area contributed by atoms with Crippen molar-refractivity contribution in [2.75, 3.05) is 0 Å². The van der Waals surface area contributed by atoms with Gasteiger partial charge in [-0.1, -0.05) is 0 Å². The number of rotatable bonds is 5. The maximum Gasteiger partial charge on any atom is 0.0897 e. The predicted octanol–water partition coefficient (Wildman–Crippen LogP) is 3.79. The molecule has 78 valence electrons. The summed E-state index contributed by atoms with van der Waals surface area (Å²) in [6, 6.07) is 0. The molecule has 1 unspecified atom stereocenters. The molecule has 0 N–H and O–H groups in total. The summed E-state index contributed by atoms with van der Waals surface area (Å²) < 4.78 is 0. The Balaban J connectivity index is 1.67. The van der Waals surface area contributed by atoms with Crippen molar-refractivity contribution in [3.05, 3.63) is 16.1 Å². The zero-order chi connectivity index (χ0) is 9.97. The largest absolute Gasteiger partial charge is 0.247 e. The summed E-state index contributed by atoms with van der Waals surface area (Å²) in [5.41, 5.74) is 1.24. The lowest BCUT2D eigenvalue weighted by atomic mass is 10.1. The van der Waals surface area contributed by atoms with Gasteiger partial charge in [0.15, 0.2) is 0 Å². The van der Waals surface area contributed by atoms with E-state index < -0.39 is 0 Å². The molecule has 1 aliphatic carbocycles. The molecule has 14 heavy (non-hydrogen) atoms. The Bertz CT molecular complexity index is 293. The zero-order valence-corrected chi connectivity index (χ0v) is 10.1. The average Bonchev–Trinajstić information content (AvgIpc) is 2.92. The summed E-state index contributed by atoms with van der Waals surface area (Å²) in [5, 5.41) is 3.76. The second-order valence-electron chi connectivity index (χ2n) is 4.10. The van der Waals surface area contributed by atoms with Crippen LogP contribution >= 0.6 is 22.9 Å². The van der Waals surface area contributed by atoms with Crippen molar-refractivity contribution in [2.24, 2.45) is 5.92 Å². The van der Waals surface area contributed by atoms with Crippen molar-refractivity contribution in [3.63, 3.8) is 0 Å². The van der Waals surface area contributed by atoms with Crippen molar-refractivity contribution in [3.8, 4) is 0 Å². The van der Waals surface area contributed by atoms with Gasteiger partial charge in [0.1, 0.15) is 0 Å². The average molecular weight is 230 g/mol. The first-order chi connectivity index (χ1) is 6.75. The summed E-state index contributed by atoms with van der Waals surface area (Å²) in [6.45, 7) is 2.06. The van der Waals surface area contributed by atoms with E-state index in [1.165, 1.54) is 30.0 Å². The normalized spacial score (nSPS) is 18.4. The van der Waals surface area contributed by atoms with Gasteiger partial charge in [0, 0.05) is 10.8 Å². The van der Waals surface area contributed by atoms with Gasteiger partial charge < -0.3 is 0 Å². The Morgan fingerprint density at radius 1 is 1.64 bits per heavy atom. The third kappa shape index (κ3) is 2.96. The number of nitrogens with zero attached hydrogens (tertiary/aromatic N) is 1. The molecule has 1 aliphatic rings. The first-order valence-corrected chi connectivity index (χ1v) is 6.62. The maximum atomic E-state index is 6.23. The highest BCUT2D eigenvalue weighted by Crippen LogP contribution is 2.37. The van der Waals surface area contributed by atoms with Crippen LogP contribution in [0, 0.1) is 12.8 Å². The van der Waals surface area contributed by atoms with Crippen LogP contribution in [0.25, 0.3) is 0 Å². The number of aryl methyl sites for hydroxylation is 2. The van der Waals surface area contributed by atoms with E-state index >= 15 is 0 Å². The van der Waals surface area contributed by atoms with Gasteiger partial charge >= 0.3 is 0 Å². The fraction of sp³-hybridized carbons (Fsp3) is 0.727. The standard InChI is InChI=1S/C11H16ClNS/c1-8-13-10(7-14-8)3-2-4-11(12)9-5-6-9/h7,9,11H,2-6H2,1H3. The van der Waals surface area contributed by atoms with Crippen molar-refractivity contribution in [1.82, 2.24) is 4.98 Å². The lowest BCUT2D eigenvalue weighted by molar-refractivity contribution is 0.633. The van der Waals surface area contributed by atoms with E-state index in [9.17, 15) is 0 Å². The molecular weight excluding hydrogens is 214 g/mol. The Morgan fingerprint density at radius 3 is 3.00 bits per heavy atom. The monoisotopic (exact) mass is 229 g/mol. The van der Waals surface area contributed by atoms with Crippen LogP contribution in [-0.2, 0) is 6.42 Å². The lowest BCUT2D eigenvalue weighted by Crippen LogP contribution is -2.01. The molecule has 0 amide bonds. The molecule has 1 aromatic rings. The Morgan fingerprint density at radius 2 is 2.43 bits per heavy atom. The number of hydrogen-bond donors (Lipinski definition) is 0. The fourth-order valence-corrected chi connectivity index (χ4v) is 2.75. The van der Waals surface area contributed by atoms with E-state index in [0.717, 1.165) is 18.8 Å². The second kappa shape index (κ2) is 4.63. The van der Waals surface area contributed by atoms with Crippen molar-refractivity contribution in [1.29, 1.82) is 0 Å². The van der Waals surface area contributed by atoms with Crippen LogP contribution in [0.15, 0.2) is 5.38 Å². The van der Waals surface area contributed by atoms with E-state index in [-0.39, 0.29) is 0 Å². The van der Waals surface area contributed by atoms with Crippen LogP contribution < -0.4 is 0 Å². The highest BCUT2D eigenvalue weighted by Gasteiger charge is 2.28. The molecule has 1 heterocycles. The maximum absolute atomic E-state index is 6.23. The van der Waals surface area contributed by atoms with E-state index in [4.69, 9.17) is 11.6 Å².